The van der Waals surface area contributed by atoms with Crippen LogP contribution in [-0.2, 0) is 17.1 Å². The third-order valence-electron chi connectivity index (χ3n) is 0. The van der Waals surface area contributed by atoms with Gasteiger partial charge in [0.25, 0.3) is 0 Å². The zero-order valence-corrected chi connectivity index (χ0v) is 9.49. The summed E-state index contributed by atoms with van der Waals surface area (Å²) in [4.78, 5) is 0. The van der Waals surface area contributed by atoms with Crippen molar-refractivity contribution in [3.8, 4) is 0 Å². The van der Waals surface area contributed by atoms with E-state index in [1.807, 2.05) is 0 Å². The SMILES string of the molecule is [AlH3].[Ca+2].[Fe].[H-].[H-].[H-].[H-].[H-].[Mg+2].[Na+]. The van der Waals surface area contributed by atoms with Crippen LogP contribution in [0, 0.1) is 0 Å². The number of rotatable bonds is 0. The molecule has 0 aliphatic heterocycles. The molecule has 5 heavy (non-hydrogen) atoms. The van der Waals surface area contributed by atoms with Gasteiger partial charge in [0.15, 0.2) is 17.4 Å². The van der Waals surface area contributed by atoms with Crippen LogP contribution in [0.1, 0.15) is 7.13 Å². The summed E-state index contributed by atoms with van der Waals surface area (Å²) in [5, 5.41) is 0. The molecular weight excluding hydrogens is 170 g/mol. The molecule has 5 heteroatoms. The summed E-state index contributed by atoms with van der Waals surface area (Å²) in [6.07, 6.45) is 0. The molecule has 0 fully saturated rings. The zero-order valence-electron chi connectivity index (χ0n) is 7.77. The summed E-state index contributed by atoms with van der Waals surface area (Å²) in [5.74, 6) is 0. The number of hydrogen-bond donors (Lipinski definition) is 0. The van der Waals surface area contributed by atoms with E-state index in [0.29, 0.717) is 0 Å². The Morgan fingerprint density at radius 1 is 1.20 bits per heavy atom. The van der Waals surface area contributed by atoms with Crippen molar-refractivity contribution in [1.82, 2.24) is 0 Å². The van der Waals surface area contributed by atoms with Gasteiger partial charge < -0.3 is 7.13 Å². The predicted octanol–water partition coefficient (Wildman–Crippen LogP) is -4.38. The van der Waals surface area contributed by atoms with Gasteiger partial charge >= 0.3 is 90.3 Å². The van der Waals surface area contributed by atoms with E-state index >= 15 is 0 Å². The van der Waals surface area contributed by atoms with E-state index in [9.17, 15) is 0 Å². The Hall–Kier alpha value is 4.08. The fourth-order valence-electron chi connectivity index (χ4n) is 0. The standard InChI is InChI=1S/Al.Ca.Fe.Mg.Na.8H/q;+2;;+2;+1;;;;5*-1. The molecule has 0 heterocycles. The van der Waals surface area contributed by atoms with Gasteiger partial charge in [-0.2, -0.15) is 0 Å². The van der Waals surface area contributed by atoms with Crippen molar-refractivity contribution >= 4 is 78.2 Å². The Kier molecular flexibility index (Phi) is 173. The molecule has 0 N–H and O–H groups in total. The fourth-order valence-corrected chi connectivity index (χ4v) is 0. The summed E-state index contributed by atoms with van der Waals surface area (Å²) in [6, 6.07) is 0. The largest absolute Gasteiger partial charge is 2.00 e. The monoisotopic (exact) mass is 178 g/mol. The van der Waals surface area contributed by atoms with Gasteiger partial charge in [-0.3, -0.25) is 0 Å². The molecule has 0 aromatic rings. The Morgan fingerprint density at radius 3 is 1.20 bits per heavy atom. The van der Waals surface area contributed by atoms with Crippen molar-refractivity contribution in [2.45, 2.75) is 0 Å². The maximum Gasteiger partial charge on any atom is 2.00 e. The molecule has 0 saturated carbocycles. The molecule has 0 nitrogen and oxygen atoms in total. The van der Waals surface area contributed by atoms with Crippen LogP contribution in [0.2, 0.25) is 0 Å². The second-order valence-corrected chi connectivity index (χ2v) is 0. The molecule has 0 aliphatic rings. The normalized spacial score (nSPS) is 0. The number of hydrogen-bond acceptors (Lipinski definition) is 0. The van der Waals surface area contributed by atoms with Gasteiger partial charge in [-0.15, -0.1) is 0 Å². The van der Waals surface area contributed by atoms with Crippen LogP contribution in [0.15, 0.2) is 0 Å². The Balaban J connectivity index is 0. The van der Waals surface area contributed by atoms with E-state index in [4.69, 9.17) is 0 Å². The van der Waals surface area contributed by atoms with Crippen LogP contribution >= 0.6 is 0 Å². The maximum atomic E-state index is 0. The second kappa shape index (κ2) is 24.3. The maximum absolute atomic E-state index is 0. The van der Waals surface area contributed by atoms with Gasteiger partial charge in [0.05, 0.1) is 0 Å². The summed E-state index contributed by atoms with van der Waals surface area (Å²) < 4.78 is 0. The van der Waals surface area contributed by atoms with Crippen LogP contribution in [0.5, 0.6) is 0 Å². The first-order valence-electron chi connectivity index (χ1n) is 0. The summed E-state index contributed by atoms with van der Waals surface area (Å²) in [5.41, 5.74) is 0. The Bertz CT molecular complexity index is 21.6. The van der Waals surface area contributed by atoms with Crippen LogP contribution < -0.4 is 29.6 Å². The quantitative estimate of drug-likeness (QED) is 0.329. The second-order valence-electron chi connectivity index (χ2n) is 0. The summed E-state index contributed by atoms with van der Waals surface area (Å²) in [7, 11) is 0. The third-order valence-corrected chi connectivity index (χ3v) is 0. The molecule has 24 valence electrons. The van der Waals surface area contributed by atoms with Crippen LogP contribution in [-0.4, -0.2) is 78.2 Å². The molecular formula is H8AlCaFeMgNa. The van der Waals surface area contributed by atoms with Crippen molar-refractivity contribution in [2.24, 2.45) is 0 Å². The molecule has 0 rings (SSSR count). The molecule has 0 aliphatic carbocycles. The minimum atomic E-state index is 0. The van der Waals surface area contributed by atoms with Crippen molar-refractivity contribution in [1.29, 1.82) is 0 Å². The van der Waals surface area contributed by atoms with E-state index in [0.717, 1.165) is 0 Å². The van der Waals surface area contributed by atoms with Gasteiger partial charge in [-0.1, -0.05) is 0 Å². The predicted molar refractivity (Wildman–Crippen MR) is 27.0 cm³/mol. The van der Waals surface area contributed by atoms with Gasteiger partial charge in [-0.25, -0.2) is 0 Å². The van der Waals surface area contributed by atoms with Gasteiger partial charge in [0.1, 0.15) is 0 Å². The van der Waals surface area contributed by atoms with Crippen molar-refractivity contribution < 1.29 is 53.8 Å². The van der Waals surface area contributed by atoms with E-state index in [1.165, 1.54) is 0 Å². The van der Waals surface area contributed by atoms with E-state index in [1.54, 1.807) is 0 Å². The molecule has 0 radical (unpaired) electrons. The third kappa shape index (κ3) is 17.9. The molecule has 0 saturated heterocycles. The van der Waals surface area contributed by atoms with Crippen molar-refractivity contribution in [3.63, 3.8) is 0 Å². The fraction of sp³-hybridized carbons (Fsp3) is 0. The zero-order chi connectivity index (χ0) is 0. The minimum absolute atomic E-state index is 0. The first kappa shape index (κ1) is 35.6. The average molecular weight is 178 g/mol. The molecule has 0 spiro atoms. The molecule has 0 unspecified atom stereocenters. The molecule has 0 amide bonds. The first-order chi connectivity index (χ1) is 0. The van der Waals surface area contributed by atoms with Gasteiger partial charge in [0, 0.05) is 17.1 Å². The van der Waals surface area contributed by atoms with Gasteiger partial charge in [-0.05, 0) is 0 Å². The average Bonchev–Trinajstić information content (AvgIpc) is 0. The molecule has 0 bridgehead atoms. The molecule has 0 atom stereocenters. The summed E-state index contributed by atoms with van der Waals surface area (Å²) >= 11 is 0. The van der Waals surface area contributed by atoms with E-state index in [2.05, 4.69) is 0 Å². The Morgan fingerprint density at radius 2 is 1.20 bits per heavy atom. The smallest absolute Gasteiger partial charge is 1.00 e. The molecule has 0 aromatic heterocycles. The van der Waals surface area contributed by atoms with Crippen LogP contribution in [0.25, 0.3) is 0 Å². The van der Waals surface area contributed by atoms with E-state index < -0.39 is 0 Å². The van der Waals surface area contributed by atoms with Crippen molar-refractivity contribution in [2.75, 3.05) is 0 Å². The van der Waals surface area contributed by atoms with Crippen LogP contribution in [0.3, 0.4) is 0 Å². The van der Waals surface area contributed by atoms with Crippen molar-refractivity contribution in [3.05, 3.63) is 0 Å². The molecule has 0 aromatic carbocycles. The van der Waals surface area contributed by atoms with E-state index in [-0.39, 0.29) is 132 Å². The minimum Gasteiger partial charge on any atom is -1.00 e. The Labute approximate surface area is 129 Å². The topological polar surface area (TPSA) is 0 Å². The first-order valence-corrected chi connectivity index (χ1v) is 0. The van der Waals surface area contributed by atoms with Crippen LogP contribution in [0.4, 0.5) is 0 Å². The summed E-state index contributed by atoms with van der Waals surface area (Å²) in [6.45, 7) is 0. The van der Waals surface area contributed by atoms with Gasteiger partial charge in [0.2, 0.25) is 0 Å².